The van der Waals surface area contributed by atoms with Gasteiger partial charge in [0.15, 0.2) is 12.2 Å². The molecule has 2 aliphatic rings. The lowest BCUT2D eigenvalue weighted by Gasteiger charge is -2.24. The monoisotopic (exact) mass is 274 g/mol. The van der Waals surface area contributed by atoms with Crippen LogP contribution in [-0.2, 0) is 23.8 Å². The van der Waals surface area contributed by atoms with Gasteiger partial charge in [0.05, 0.1) is 0 Å². The molecule has 1 fully saturated rings. The Labute approximate surface area is 116 Å². The van der Waals surface area contributed by atoms with Crippen LogP contribution in [0.4, 0.5) is 0 Å². The molecule has 20 heavy (non-hydrogen) atoms. The number of carbonyl (C=O) groups is 2. The van der Waals surface area contributed by atoms with Gasteiger partial charge < -0.3 is 14.2 Å². The fourth-order valence-corrected chi connectivity index (χ4v) is 2.55. The lowest BCUT2D eigenvalue weighted by atomic mass is 10.00. The summed E-state index contributed by atoms with van der Waals surface area (Å²) < 4.78 is 16.4. The van der Waals surface area contributed by atoms with Crippen LogP contribution in [0.5, 0.6) is 0 Å². The maximum atomic E-state index is 11.4. The smallest absolute Gasteiger partial charge is 0.331 e. The first-order chi connectivity index (χ1) is 9.65. The molecule has 0 unspecified atom stereocenters. The first-order valence-corrected chi connectivity index (χ1v) is 6.41. The second kappa shape index (κ2) is 5.09. The van der Waals surface area contributed by atoms with Gasteiger partial charge in [-0.3, -0.25) is 4.79 Å². The van der Waals surface area contributed by atoms with E-state index < -0.39 is 30.3 Å². The van der Waals surface area contributed by atoms with Gasteiger partial charge in [0, 0.05) is 13.0 Å². The third-order valence-electron chi connectivity index (χ3n) is 3.35. The summed E-state index contributed by atoms with van der Waals surface area (Å²) in [6, 6.07) is 9.45. The minimum Gasteiger partial charge on any atom is -0.455 e. The highest BCUT2D eigenvalue weighted by molar-refractivity contribution is 5.83. The molecule has 0 spiro atoms. The molecule has 5 heteroatoms. The molecule has 0 saturated carbocycles. The normalized spacial score (nSPS) is 31.6. The number of rotatable bonds is 2. The summed E-state index contributed by atoms with van der Waals surface area (Å²) in [6.07, 6.45) is 0.929. The van der Waals surface area contributed by atoms with Crippen molar-refractivity contribution < 1.29 is 23.8 Å². The Balaban J connectivity index is 1.92. The Morgan fingerprint density at radius 2 is 2.00 bits per heavy atom. The summed E-state index contributed by atoms with van der Waals surface area (Å²) in [6.45, 7) is 1.33. The molecule has 1 aromatic carbocycles. The SMILES string of the molecule is CC(=O)O[C@@H]1[C@H]2OC(=O)C=C[C@H]2O[C@@H]1c1ccccc1. The minimum absolute atomic E-state index is 0.387. The quantitative estimate of drug-likeness (QED) is 0.765. The number of esters is 2. The predicted molar refractivity (Wildman–Crippen MR) is 68.6 cm³/mol. The van der Waals surface area contributed by atoms with Crippen LogP contribution in [0.2, 0.25) is 0 Å². The van der Waals surface area contributed by atoms with Crippen LogP contribution < -0.4 is 0 Å². The van der Waals surface area contributed by atoms with Crippen molar-refractivity contribution in [1.82, 2.24) is 0 Å². The van der Waals surface area contributed by atoms with Gasteiger partial charge in [-0.2, -0.15) is 0 Å². The van der Waals surface area contributed by atoms with Gasteiger partial charge in [0.2, 0.25) is 0 Å². The maximum Gasteiger partial charge on any atom is 0.331 e. The van der Waals surface area contributed by atoms with E-state index in [-0.39, 0.29) is 6.10 Å². The number of hydrogen-bond acceptors (Lipinski definition) is 5. The molecule has 0 bridgehead atoms. The molecule has 3 rings (SSSR count). The molecule has 0 radical (unpaired) electrons. The van der Waals surface area contributed by atoms with Crippen molar-refractivity contribution in [3.63, 3.8) is 0 Å². The highest BCUT2D eigenvalue weighted by Crippen LogP contribution is 2.39. The average Bonchev–Trinajstić information content (AvgIpc) is 2.77. The molecule has 0 aromatic heterocycles. The van der Waals surface area contributed by atoms with E-state index >= 15 is 0 Å². The first kappa shape index (κ1) is 12.9. The van der Waals surface area contributed by atoms with Crippen LogP contribution in [-0.4, -0.2) is 30.3 Å². The van der Waals surface area contributed by atoms with E-state index in [1.807, 2.05) is 30.3 Å². The Kier molecular flexibility index (Phi) is 3.28. The highest BCUT2D eigenvalue weighted by Gasteiger charge is 2.49. The number of hydrogen-bond donors (Lipinski definition) is 0. The summed E-state index contributed by atoms with van der Waals surface area (Å²) in [5.74, 6) is -0.869. The molecule has 1 aromatic rings. The number of carbonyl (C=O) groups excluding carboxylic acids is 2. The van der Waals surface area contributed by atoms with Crippen molar-refractivity contribution in [2.24, 2.45) is 0 Å². The molecule has 2 aliphatic heterocycles. The van der Waals surface area contributed by atoms with E-state index in [1.54, 1.807) is 6.08 Å². The predicted octanol–water partition coefficient (Wildman–Crippen LogP) is 1.54. The second-order valence-corrected chi connectivity index (χ2v) is 4.77. The summed E-state index contributed by atoms with van der Waals surface area (Å²) in [4.78, 5) is 22.7. The van der Waals surface area contributed by atoms with Crippen molar-refractivity contribution in [3.8, 4) is 0 Å². The molecular weight excluding hydrogens is 260 g/mol. The Morgan fingerprint density at radius 3 is 2.70 bits per heavy atom. The molecule has 0 N–H and O–H groups in total. The second-order valence-electron chi connectivity index (χ2n) is 4.77. The third kappa shape index (κ3) is 2.32. The van der Waals surface area contributed by atoms with Crippen LogP contribution in [0.15, 0.2) is 42.5 Å². The Morgan fingerprint density at radius 1 is 1.25 bits per heavy atom. The van der Waals surface area contributed by atoms with Gasteiger partial charge in [-0.25, -0.2) is 4.79 Å². The summed E-state index contributed by atoms with van der Waals surface area (Å²) >= 11 is 0. The van der Waals surface area contributed by atoms with Crippen LogP contribution in [0, 0.1) is 0 Å². The van der Waals surface area contributed by atoms with Gasteiger partial charge in [0.1, 0.15) is 12.2 Å². The van der Waals surface area contributed by atoms with Crippen LogP contribution in [0.3, 0.4) is 0 Å². The first-order valence-electron chi connectivity index (χ1n) is 6.41. The van der Waals surface area contributed by atoms with Crippen LogP contribution in [0.1, 0.15) is 18.6 Å². The summed E-state index contributed by atoms with van der Waals surface area (Å²) in [5, 5.41) is 0. The zero-order valence-electron chi connectivity index (χ0n) is 10.9. The lowest BCUT2D eigenvalue weighted by molar-refractivity contribution is -0.162. The van der Waals surface area contributed by atoms with Crippen molar-refractivity contribution in [2.75, 3.05) is 0 Å². The van der Waals surface area contributed by atoms with Crippen LogP contribution >= 0.6 is 0 Å². The highest BCUT2D eigenvalue weighted by atomic mass is 16.6. The van der Waals surface area contributed by atoms with Gasteiger partial charge in [0.25, 0.3) is 0 Å². The summed E-state index contributed by atoms with van der Waals surface area (Å²) in [7, 11) is 0. The van der Waals surface area contributed by atoms with E-state index in [4.69, 9.17) is 14.2 Å². The molecule has 1 saturated heterocycles. The fraction of sp³-hybridized carbons (Fsp3) is 0.333. The van der Waals surface area contributed by atoms with Crippen molar-refractivity contribution >= 4 is 11.9 Å². The van der Waals surface area contributed by atoms with E-state index in [9.17, 15) is 9.59 Å². The van der Waals surface area contributed by atoms with Crippen molar-refractivity contribution in [1.29, 1.82) is 0 Å². The molecule has 2 heterocycles. The number of ether oxygens (including phenoxy) is 3. The van der Waals surface area contributed by atoms with E-state index in [1.165, 1.54) is 13.0 Å². The topological polar surface area (TPSA) is 61.8 Å². The Hall–Kier alpha value is -2.14. The molecule has 104 valence electrons. The largest absolute Gasteiger partial charge is 0.455 e. The van der Waals surface area contributed by atoms with Gasteiger partial charge in [-0.1, -0.05) is 30.3 Å². The molecule has 0 amide bonds. The van der Waals surface area contributed by atoms with E-state index in [0.29, 0.717) is 0 Å². The van der Waals surface area contributed by atoms with E-state index in [2.05, 4.69) is 0 Å². The molecule has 4 atom stereocenters. The zero-order valence-corrected chi connectivity index (χ0v) is 10.9. The van der Waals surface area contributed by atoms with Gasteiger partial charge in [-0.15, -0.1) is 0 Å². The minimum atomic E-state index is -0.631. The Bertz CT molecular complexity index is 551. The molecular formula is C15H14O5. The standard InChI is InChI=1S/C15H14O5/c1-9(16)18-15-13(10-5-3-2-4-6-10)19-11-7-8-12(17)20-14(11)15/h2-8,11,13-15H,1H3/t11-,13-,14+,15+/m1/s1. The lowest BCUT2D eigenvalue weighted by Crippen LogP contribution is -2.39. The van der Waals surface area contributed by atoms with E-state index in [0.717, 1.165) is 5.56 Å². The van der Waals surface area contributed by atoms with Gasteiger partial charge in [-0.05, 0) is 11.6 Å². The summed E-state index contributed by atoms with van der Waals surface area (Å²) in [5.41, 5.74) is 0.887. The molecule has 5 nitrogen and oxygen atoms in total. The maximum absolute atomic E-state index is 11.4. The van der Waals surface area contributed by atoms with Crippen LogP contribution in [0.25, 0.3) is 0 Å². The van der Waals surface area contributed by atoms with Crippen molar-refractivity contribution in [2.45, 2.75) is 31.3 Å². The van der Waals surface area contributed by atoms with Gasteiger partial charge >= 0.3 is 11.9 Å². The zero-order chi connectivity index (χ0) is 14.1. The number of fused-ring (bicyclic) bond motifs is 1. The number of benzene rings is 1. The van der Waals surface area contributed by atoms with Crippen molar-refractivity contribution in [3.05, 3.63) is 48.0 Å². The fourth-order valence-electron chi connectivity index (χ4n) is 2.55. The molecule has 0 aliphatic carbocycles. The average molecular weight is 274 g/mol. The third-order valence-corrected chi connectivity index (χ3v) is 3.35.